The Kier molecular flexibility index (Phi) is 7.18. The fourth-order valence-electron chi connectivity index (χ4n) is 4.17. The van der Waals surface area contributed by atoms with Crippen molar-refractivity contribution >= 4 is 43.7 Å². The van der Waals surface area contributed by atoms with Crippen molar-refractivity contribution in [2.75, 3.05) is 38.1 Å². The third-order valence-corrected chi connectivity index (χ3v) is 8.16. The van der Waals surface area contributed by atoms with E-state index in [0.29, 0.717) is 12.3 Å². The average molecular weight is 442 g/mol. The van der Waals surface area contributed by atoms with E-state index in [4.69, 9.17) is 0 Å². The molecule has 3 heterocycles. The largest absolute Gasteiger partial charge is 0.346 e. The van der Waals surface area contributed by atoms with Crippen LogP contribution in [0.25, 0.3) is 10.1 Å². The predicted molar refractivity (Wildman–Crippen MR) is 129 cm³/mol. The smallest absolute Gasteiger partial charge is 0.186 e. The lowest BCUT2D eigenvalue weighted by Gasteiger charge is -2.32. The Morgan fingerprint density at radius 3 is 2.80 bits per heavy atom. The third-order valence-electron chi connectivity index (χ3n) is 6.05. The van der Waals surface area contributed by atoms with E-state index in [1.54, 1.807) is 17.5 Å². The van der Waals surface area contributed by atoms with Crippen LogP contribution in [0.1, 0.15) is 47.8 Å². The monoisotopic (exact) mass is 441 g/mol. The predicted octanol–water partition coefficient (Wildman–Crippen LogP) is 5.73. The molecule has 2 aromatic heterocycles. The van der Waals surface area contributed by atoms with Crippen LogP contribution in [0.5, 0.6) is 0 Å². The molecule has 4 nitrogen and oxygen atoms in total. The number of Topliss-reactive ketones (excluding diaryl/α,β-unsaturated/α-hetero) is 1. The van der Waals surface area contributed by atoms with Gasteiger partial charge in [0.2, 0.25) is 0 Å². The van der Waals surface area contributed by atoms with Gasteiger partial charge in [-0.2, -0.15) is 0 Å². The molecule has 3 aromatic rings. The van der Waals surface area contributed by atoms with Crippen LogP contribution in [0.2, 0.25) is 0 Å². The number of nitrogens with zero attached hydrogens (tertiary/aromatic N) is 3. The Bertz CT molecular complexity index is 972. The first kappa shape index (κ1) is 21.5. The molecule has 4 rings (SSSR count). The summed E-state index contributed by atoms with van der Waals surface area (Å²) in [6, 6.07) is 8.61. The molecule has 1 aliphatic rings. The number of carbonyl (C=O) groups excluding carboxylic acids is 1. The highest BCUT2D eigenvalue weighted by atomic mass is 32.1. The second-order valence-corrected chi connectivity index (χ2v) is 10.3. The number of hydrogen-bond donors (Lipinski definition) is 0. The number of hydrogen-bond acceptors (Lipinski definition) is 6. The van der Waals surface area contributed by atoms with Crippen molar-refractivity contribution in [2.45, 2.75) is 39.0 Å². The van der Waals surface area contributed by atoms with Gasteiger partial charge in [-0.05, 0) is 48.2 Å². The van der Waals surface area contributed by atoms with Crippen LogP contribution in [0, 0.1) is 5.92 Å². The Morgan fingerprint density at radius 1 is 1.20 bits per heavy atom. The second kappa shape index (κ2) is 10.0. The second-order valence-electron chi connectivity index (χ2n) is 8.39. The van der Waals surface area contributed by atoms with Crippen LogP contribution in [-0.4, -0.2) is 48.9 Å². The van der Waals surface area contributed by atoms with Crippen molar-refractivity contribution in [2.24, 2.45) is 5.92 Å². The maximum Gasteiger partial charge on any atom is 0.186 e. The van der Waals surface area contributed by atoms with Crippen LogP contribution in [-0.2, 0) is 6.42 Å². The molecule has 0 radical (unpaired) electrons. The highest BCUT2D eigenvalue weighted by Gasteiger charge is 2.22. The number of thiazole rings is 1. The van der Waals surface area contributed by atoms with Gasteiger partial charge < -0.3 is 9.80 Å². The summed E-state index contributed by atoms with van der Waals surface area (Å²) in [6.07, 6.45) is 6.86. The van der Waals surface area contributed by atoms with Gasteiger partial charge in [0.25, 0.3) is 0 Å². The van der Waals surface area contributed by atoms with Crippen molar-refractivity contribution in [3.05, 3.63) is 46.3 Å². The standard InChI is InChI=1S/C24H31N3OS2/c1-3-4-7-18(14-19-17-29-22-9-6-5-8-20(19)22)15-21(28)23-16-25-24(30-23)27-12-10-26(2)11-13-27/h5-6,8-9,16-18H,3-4,7,10-15H2,1-2H3. The fraction of sp³-hybridized carbons (Fsp3) is 0.500. The van der Waals surface area contributed by atoms with Gasteiger partial charge in [-0.25, -0.2) is 4.98 Å². The maximum absolute atomic E-state index is 13.1. The maximum atomic E-state index is 13.1. The summed E-state index contributed by atoms with van der Waals surface area (Å²) in [4.78, 5) is 23.2. The molecule has 0 N–H and O–H groups in total. The van der Waals surface area contributed by atoms with Crippen LogP contribution in [0.15, 0.2) is 35.8 Å². The number of fused-ring (bicyclic) bond motifs is 1. The number of unbranched alkanes of at least 4 members (excludes halogenated alkanes) is 1. The lowest BCUT2D eigenvalue weighted by Crippen LogP contribution is -2.44. The topological polar surface area (TPSA) is 36.4 Å². The van der Waals surface area contributed by atoms with Gasteiger partial charge in [0.05, 0.1) is 11.1 Å². The molecule has 1 fully saturated rings. The van der Waals surface area contributed by atoms with Crippen molar-refractivity contribution in [1.29, 1.82) is 0 Å². The van der Waals surface area contributed by atoms with Crippen molar-refractivity contribution in [3.63, 3.8) is 0 Å². The summed E-state index contributed by atoms with van der Waals surface area (Å²) in [5.74, 6) is 0.651. The van der Waals surface area contributed by atoms with Crippen molar-refractivity contribution in [1.82, 2.24) is 9.88 Å². The zero-order chi connectivity index (χ0) is 20.9. The molecule has 160 valence electrons. The Morgan fingerprint density at radius 2 is 2.00 bits per heavy atom. The molecule has 0 saturated carbocycles. The van der Waals surface area contributed by atoms with Crippen LogP contribution < -0.4 is 4.90 Å². The molecule has 0 amide bonds. The summed E-state index contributed by atoms with van der Waals surface area (Å²) in [5.41, 5.74) is 1.40. The molecule has 1 aromatic carbocycles. The minimum atomic E-state index is 0.258. The SMILES string of the molecule is CCCCC(CC(=O)c1cnc(N2CCN(C)CC2)s1)Cc1csc2ccccc12. The van der Waals surface area contributed by atoms with Crippen LogP contribution in [0.4, 0.5) is 5.13 Å². The first-order chi connectivity index (χ1) is 14.6. The average Bonchev–Trinajstić information content (AvgIpc) is 3.40. The van der Waals surface area contributed by atoms with Gasteiger partial charge in [-0.15, -0.1) is 11.3 Å². The molecule has 1 saturated heterocycles. The molecule has 0 bridgehead atoms. The van der Waals surface area contributed by atoms with Gasteiger partial charge in [0.15, 0.2) is 10.9 Å². The molecule has 1 aliphatic heterocycles. The molecule has 0 aliphatic carbocycles. The van der Waals surface area contributed by atoms with Gasteiger partial charge >= 0.3 is 0 Å². The number of benzene rings is 1. The van der Waals surface area contributed by atoms with Crippen molar-refractivity contribution in [3.8, 4) is 0 Å². The number of aromatic nitrogens is 1. The van der Waals surface area contributed by atoms with Gasteiger partial charge in [-0.3, -0.25) is 4.79 Å². The molecule has 30 heavy (non-hydrogen) atoms. The summed E-state index contributed by atoms with van der Waals surface area (Å²) >= 11 is 3.39. The third kappa shape index (κ3) is 5.10. The number of likely N-dealkylation sites (N-methyl/N-ethyl adjacent to an activating group) is 1. The number of ketones is 1. The molecule has 1 atom stereocenters. The zero-order valence-corrected chi connectivity index (χ0v) is 19.6. The lowest BCUT2D eigenvalue weighted by molar-refractivity contribution is 0.0962. The van der Waals surface area contributed by atoms with E-state index in [2.05, 4.69) is 58.4 Å². The number of piperazine rings is 1. The van der Waals surface area contributed by atoms with E-state index < -0.39 is 0 Å². The number of thiophene rings is 1. The van der Waals surface area contributed by atoms with Gasteiger partial charge in [-0.1, -0.05) is 49.3 Å². The summed E-state index contributed by atoms with van der Waals surface area (Å²) < 4.78 is 1.34. The van der Waals surface area contributed by atoms with Crippen molar-refractivity contribution < 1.29 is 4.79 Å². The van der Waals surface area contributed by atoms with E-state index in [-0.39, 0.29) is 5.78 Å². The minimum absolute atomic E-state index is 0.258. The van der Waals surface area contributed by atoms with Crippen LogP contribution in [0.3, 0.4) is 0 Å². The fourth-order valence-corrected chi connectivity index (χ4v) is 6.06. The normalized spacial score (nSPS) is 16.3. The van der Waals surface area contributed by atoms with E-state index in [1.807, 2.05) is 11.3 Å². The van der Waals surface area contributed by atoms with E-state index in [9.17, 15) is 4.79 Å². The highest BCUT2D eigenvalue weighted by Crippen LogP contribution is 2.31. The number of anilines is 1. The Hall–Kier alpha value is -1.76. The summed E-state index contributed by atoms with van der Waals surface area (Å²) in [6.45, 7) is 6.31. The highest BCUT2D eigenvalue weighted by molar-refractivity contribution is 7.17. The number of carbonyl (C=O) groups is 1. The minimum Gasteiger partial charge on any atom is -0.346 e. The Balaban J connectivity index is 1.43. The molecule has 0 spiro atoms. The van der Waals surface area contributed by atoms with E-state index >= 15 is 0 Å². The zero-order valence-electron chi connectivity index (χ0n) is 18.0. The van der Waals surface area contributed by atoms with Gasteiger partial charge in [0, 0.05) is 37.3 Å². The van der Waals surface area contributed by atoms with Crippen LogP contribution >= 0.6 is 22.7 Å². The summed E-state index contributed by atoms with van der Waals surface area (Å²) in [5, 5.41) is 4.64. The molecular weight excluding hydrogens is 410 g/mol. The Labute approximate surface area is 187 Å². The first-order valence-corrected chi connectivity index (χ1v) is 12.7. The lowest BCUT2D eigenvalue weighted by atomic mass is 9.89. The number of rotatable bonds is 9. The molecular formula is C24H31N3OS2. The first-order valence-electron chi connectivity index (χ1n) is 11.0. The van der Waals surface area contributed by atoms with Gasteiger partial charge in [0.1, 0.15) is 0 Å². The van der Waals surface area contributed by atoms with E-state index in [1.165, 1.54) is 28.5 Å². The molecule has 1 unspecified atom stereocenters. The van der Waals surface area contributed by atoms with E-state index in [0.717, 1.165) is 49.0 Å². The quantitative estimate of drug-likeness (QED) is 0.397. The summed E-state index contributed by atoms with van der Waals surface area (Å²) in [7, 11) is 2.15. The molecule has 6 heteroatoms.